The molecule has 0 spiro atoms. The van der Waals surface area contributed by atoms with E-state index in [0.717, 1.165) is 11.5 Å². The molecule has 0 aliphatic carbocycles. The summed E-state index contributed by atoms with van der Waals surface area (Å²) in [5, 5.41) is 2.81. The maximum atomic E-state index is 10.4. The van der Waals surface area contributed by atoms with Crippen molar-refractivity contribution >= 4 is 5.91 Å². The Hall–Kier alpha value is -1.36. The molecule has 1 amide bonds. The number of nitrogens with two attached hydrogens (primary N) is 1. The molecule has 0 aliphatic rings. The first kappa shape index (κ1) is 9.73. The largest absolute Gasteiger partial charge is 0.444 e. The van der Waals surface area contributed by atoms with Crippen molar-refractivity contribution in [2.75, 3.05) is 6.54 Å². The van der Waals surface area contributed by atoms with E-state index in [0.29, 0.717) is 12.4 Å². The number of hydrogen-bond acceptors (Lipinski definition) is 4. The summed E-state index contributed by atoms with van der Waals surface area (Å²) in [6.45, 7) is 4.29. The first-order chi connectivity index (χ1) is 6.09. The molecule has 0 saturated heterocycles. The van der Waals surface area contributed by atoms with Gasteiger partial charge in [-0.05, 0) is 13.8 Å². The molecule has 1 aromatic heterocycles. The highest BCUT2D eigenvalue weighted by Crippen LogP contribution is 2.07. The smallest absolute Gasteiger partial charge is 0.231 e. The van der Waals surface area contributed by atoms with E-state index in [2.05, 4.69) is 10.3 Å². The molecule has 0 radical (unpaired) electrons. The molecule has 3 N–H and O–H groups in total. The van der Waals surface area contributed by atoms with Crippen LogP contribution < -0.4 is 11.1 Å². The summed E-state index contributed by atoms with van der Waals surface area (Å²) in [4.78, 5) is 14.5. The molecule has 1 rings (SSSR count). The van der Waals surface area contributed by atoms with Gasteiger partial charge in [-0.15, -0.1) is 0 Å². The van der Waals surface area contributed by atoms with E-state index in [-0.39, 0.29) is 12.5 Å². The van der Waals surface area contributed by atoms with Crippen LogP contribution in [0.1, 0.15) is 17.3 Å². The van der Waals surface area contributed by atoms with E-state index in [4.69, 9.17) is 10.2 Å². The van der Waals surface area contributed by atoms with E-state index in [1.54, 1.807) is 0 Å². The van der Waals surface area contributed by atoms with Crippen LogP contribution in [0.4, 0.5) is 0 Å². The van der Waals surface area contributed by atoms with Gasteiger partial charge in [0.15, 0.2) is 0 Å². The second-order valence-electron chi connectivity index (χ2n) is 2.82. The fourth-order valence-electron chi connectivity index (χ4n) is 0.907. The van der Waals surface area contributed by atoms with Crippen LogP contribution in [0.2, 0.25) is 0 Å². The Balaban J connectivity index is 2.41. The monoisotopic (exact) mass is 183 g/mol. The summed E-state index contributed by atoms with van der Waals surface area (Å²) in [6, 6.07) is 0. The minimum atomic E-state index is -0.389. The van der Waals surface area contributed by atoms with Gasteiger partial charge in [-0.3, -0.25) is 10.1 Å². The highest BCUT2D eigenvalue weighted by molar-refractivity contribution is 5.75. The number of carbonyl (C=O) groups is 1. The molecule has 0 saturated carbocycles. The SMILES string of the molecule is Cc1nc(CNCC(N)=O)oc1C. The molecule has 5 heteroatoms. The Morgan fingerprint density at radius 3 is 2.77 bits per heavy atom. The van der Waals surface area contributed by atoms with Crippen molar-refractivity contribution in [1.29, 1.82) is 0 Å². The number of aromatic nitrogens is 1. The molecule has 0 aliphatic heterocycles. The van der Waals surface area contributed by atoms with Gasteiger partial charge >= 0.3 is 0 Å². The topological polar surface area (TPSA) is 81.1 Å². The molecule has 0 aromatic carbocycles. The summed E-state index contributed by atoms with van der Waals surface area (Å²) < 4.78 is 5.27. The molecule has 1 aromatic rings. The number of aryl methyl sites for hydroxylation is 2. The third-order valence-electron chi connectivity index (χ3n) is 1.65. The van der Waals surface area contributed by atoms with Crippen molar-refractivity contribution in [3.05, 3.63) is 17.3 Å². The molecule has 72 valence electrons. The van der Waals surface area contributed by atoms with Crippen LogP contribution in [0.3, 0.4) is 0 Å². The fourth-order valence-corrected chi connectivity index (χ4v) is 0.907. The molecule has 5 nitrogen and oxygen atoms in total. The van der Waals surface area contributed by atoms with Crippen LogP contribution in [0, 0.1) is 13.8 Å². The van der Waals surface area contributed by atoms with Crippen LogP contribution in [0.5, 0.6) is 0 Å². The number of nitrogens with one attached hydrogen (secondary N) is 1. The highest BCUT2D eigenvalue weighted by atomic mass is 16.4. The van der Waals surface area contributed by atoms with Gasteiger partial charge in [0.05, 0.1) is 18.8 Å². The Kier molecular flexibility index (Phi) is 3.02. The zero-order valence-electron chi connectivity index (χ0n) is 7.76. The van der Waals surface area contributed by atoms with Crippen LogP contribution >= 0.6 is 0 Å². The van der Waals surface area contributed by atoms with Gasteiger partial charge in [0.25, 0.3) is 0 Å². The summed E-state index contributed by atoms with van der Waals surface area (Å²) in [5.74, 6) is 0.993. The van der Waals surface area contributed by atoms with Crippen LogP contribution in [0.25, 0.3) is 0 Å². The molecule has 0 atom stereocenters. The summed E-state index contributed by atoms with van der Waals surface area (Å²) in [7, 11) is 0. The Morgan fingerprint density at radius 1 is 1.62 bits per heavy atom. The predicted molar refractivity (Wildman–Crippen MR) is 46.9 cm³/mol. The number of primary amides is 1. The van der Waals surface area contributed by atoms with E-state index in [1.807, 2.05) is 13.8 Å². The third-order valence-corrected chi connectivity index (χ3v) is 1.65. The average Bonchev–Trinajstić information content (AvgIpc) is 2.30. The van der Waals surface area contributed by atoms with Crippen molar-refractivity contribution < 1.29 is 9.21 Å². The summed E-state index contributed by atoms with van der Waals surface area (Å²) >= 11 is 0. The summed E-state index contributed by atoms with van der Waals surface area (Å²) in [6.07, 6.45) is 0. The highest BCUT2D eigenvalue weighted by Gasteiger charge is 2.04. The van der Waals surface area contributed by atoms with Crippen LogP contribution in [0.15, 0.2) is 4.42 Å². The summed E-state index contributed by atoms with van der Waals surface area (Å²) in [5.41, 5.74) is 5.81. The van der Waals surface area contributed by atoms with Gasteiger partial charge in [-0.2, -0.15) is 0 Å². The van der Waals surface area contributed by atoms with Crippen molar-refractivity contribution in [2.45, 2.75) is 20.4 Å². The van der Waals surface area contributed by atoms with Crippen molar-refractivity contribution in [3.63, 3.8) is 0 Å². The molecule has 1 heterocycles. The fraction of sp³-hybridized carbons (Fsp3) is 0.500. The van der Waals surface area contributed by atoms with Gasteiger partial charge < -0.3 is 10.2 Å². The number of oxazole rings is 1. The number of hydrogen-bond donors (Lipinski definition) is 2. The van der Waals surface area contributed by atoms with E-state index in [1.165, 1.54) is 0 Å². The maximum absolute atomic E-state index is 10.4. The minimum absolute atomic E-state index is 0.139. The molecule has 0 unspecified atom stereocenters. The quantitative estimate of drug-likeness (QED) is 0.681. The Bertz CT molecular complexity index is 287. The van der Waals surface area contributed by atoms with Gasteiger partial charge in [0.1, 0.15) is 5.76 Å². The zero-order valence-corrected chi connectivity index (χ0v) is 7.76. The van der Waals surface area contributed by atoms with Gasteiger partial charge in [-0.25, -0.2) is 4.98 Å². The van der Waals surface area contributed by atoms with Gasteiger partial charge in [0.2, 0.25) is 11.8 Å². The molecular formula is C8H13N3O2. The van der Waals surface area contributed by atoms with Crippen molar-refractivity contribution in [2.24, 2.45) is 5.73 Å². The third kappa shape index (κ3) is 2.87. The minimum Gasteiger partial charge on any atom is -0.444 e. The molecule has 0 bridgehead atoms. The van der Waals surface area contributed by atoms with Crippen molar-refractivity contribution in [1.82, 2.24) is 10.3 Å². The first-order valence-electron chi connectivity index (χ1n) is 4.01. The second kappa shape index (κ2) is 4.04. The van der Waals surface area contributed by atoms with E-state index < -0.39 is 0 Å². The lowest BCUT2D eigenvalue weighted by Gasteiger charge is -1.96. The number of amides is 1. The van der Waals surface area contributed by atoms with Crippen LogP contribution in [-0.2, 0) is 11.3 Å². The zero-order chi connectivity index (χ0) is 9.84. The van der Waals surface area contributed by atoms with Crippen molar-refractivity contribution in [3.8, 4) is 0 Å². The first-order valence-corrected chi connectivity index (χ1v) is 4.01. The lowest BCUT2D eigenvalue weighted by Crippen LogP contribution is -2.28. The Morgan fingerprint density at radius 2 is 2.31 bits per heavy atom. The maximum Gasteiger partial charge on any atom is 0.231 e. The van der Waals surface area contributed by atoms with E-state index in [9.17, 15) is 4.79 Å². The number of nitrogens with zero attached hydrogens (tertiary/aromatic N) is 1. The lowest BCUT2D eigenvalue weighted by molar-refractivity contribution is -0.117. The van der Waals surface area contributed by atoms with Gasteiger partial charge in [0, 0.05) is 0 Å². The average molecular weight is 183 g/mol. The second-order valence-corrected chi connectivity index (χ2v) is 2.82. The molecule has 13 heavy (non-hydrogen) atoms. The number of rotatable bonds is 4. The predicted octanol–water partition coefficient (Wildman–Crippen LogP) is -0.134. The molecular weight excluding hydrogens is 170 g/mol. The Labute approximate surface area is 76.3 Å². The number of carbonyl (C=O) groups excluding carboxylic acids is 1. The molecule has 0 fully saturated rings. The van der Waals surface area contributed by atoms with Gasteiger partial charge in [-0.1, -0.05) is 0 Å². The lowest BCUT2D eigenvalue weighted by atomic mass is 10.4. The van der Waals surface area contributed by atoms with Crippen LogP contribution in [-0.4, -0.2) is 17.4 Å². The normalized spacial score (nSPS) is 10.3. The standard InChI is InChI=1S/C8H13N3O2/c1-5-6(2)13-8(11-5)4-10-3-7(9)12/h10H,3-4H2,1-2H3,(H2,9,12). The van der Waals surface area contributed by atoms with E-state index >= 15 is 0 Å².